The van der Waals surface area contributed by atoms with Gasteiger partial charge in [0.1, 0.15) is 6.61 Å². The molecule has 0 aromatic heterocycles. The molecule has 53 valence electrons. The molecule has 2 heteroatoms. The average Bonchev–Trinajstić information content (AvgIpc) is 1.94. The Bertz CT molecular complexity index is 208. The summed E-state index contributed by atoms with van der Waals surface area (Å²) in [6.07, 6.45) is 0. The van der Waals surface area contributed by atoms with Crippen molar-refractivity contribution in [2.24, 2.45) is 0 Å². The van der Waals surface area contributed by atoms with Crippen molar-refractivity contribution in [2.75, 3.05) is 0 Å². The number of hydrogen-bond acceptors (Lipinski definition) is 2. The van der Waals surface area contributed by atoms with Crippen LogP contribution in [-0.2, 0) is 0 Å². The minimum Gasteiger partial charge on any atom is -0.504 e. The van der Waals surface area contributed by atoms with Crippen LogP contribution in [-0.4, -0.2) is 5.11 Å². The topological polar surface area (TPSA) is 29.5 Å². The SMILES string of the molecule is C[CH]Oc1ccccc1O. The molecule has 0 aliphatic heterocycles. The lowest BCUT2D eigenvalue weighted by Gasteiger charge is -2.02. The molecule has 1 radical (unpaired) electrons. The zero-order chi connectivity index (χ0) is 7.40. The monoisotopic (exact) mass is 137 g/mol. The lowest BCUT2D eigenvalue weighted by atomic mass is 10.3. The van der Waals surface area contributed by atoms with Gasteiger partial charge in [-0.15, -0.1) is 0 Å². The van der Waals surface area contributed by atoms with E-state index in [2.05, 4.69) is 0 Å². The van der Waals surface area contributed by atoms with Gasteiger partial charge in [-0.1, -0.05) is 12.1 Å². The minimum atomic E-state index is 0.167. The van der Waals surface area contributed by atoms with Gasteiger partial charge in [0.15, 0.2) is 11.5 Å². The van der Waals surface area contributed by atoms with Crippen LogP contribution in [0.2, 0.25) is 0 Å². The Balaban J connectivity index is 2.81. The van der Waals surface area contributed by atoms with Gasteiger partial charge in [0.25, 0.3) is 0 Å². The highest BCUT2D eigenvalue weighted by atomic mass is 16.5. The number of benzene rings is 1. The van der Waals surface area contributed by atoms with Crippen LogP contribution in [0, 0.1) is 6.61 Å². The van der Waals surface area contributed by atoms with Crippen LogP contribution < -0.4 is 4.74 Å². The van der Waals surface area contributed by atoms with Crippen molar-refractivity contribution >= 4 is 0 Å². The highest BCUT2D eigenvalue weighted by molar-refractivity contribution is 5.38. The third-order valence-corrected chi connectivity index (χ3v) is 1.11. The van der Waals surface area contributed by atoms with Crippen LogP contribution in [0.1, 0.15) is 6.92 Å². The van der Waals surface area contributed by atoms with E-state index >= 15 is 0 Å². The first-order chi connectivity index (χ1) is 4.84. The summed E-state index contributed by atoms with van der Waals surface area (Å²) in [5.41, 5.74) is 0. The van der Waals surface area contributed by atoms with E-state index in [4.69, 9.17) is 9.84 Å². The molecule has 0 unspecified atom stereocenters. The number of hydrogen-bond donors (Lipinski definition) is 1. The van der Waals surface area contributed by atoms with Gasteiger partial charge in [-0.05, 0) is 19.1 Å². The highest BCUT2D eigenvalue weighted by Crippen LogP contribution is 2.24. The summed E-state index contributed by atoms with van der Waals surface area (Å²) in [6, 6.07) is 6.84. The lowest BCUT2D eigenvalue weighted by Crippen LogP contribution is -1.84. The average molecular weight is 137 g/mol. The largest absolute Gasteiger partial charge is 0.504 e. The molecule has 0 heterocycles. The Morgan fingerprint density at radius 1 is 1.40 bits per heavy atom. The van der Waals surface area contributed by atoms with Gasteiger partial charge in [-0.2, -0.15) is 0 Å². The summed E-state index contributed by atoms with van der Waals surface area (Å²) in [4.78, 5) is 0. The molecule has 1 rings (SSSR count). The molecule has 0 spiro atoms. The quantitative estimate of drug-likeness (QED) is 0.675. The molecule has 0 atom stereocenters. The molecule has 0 saturated heterocycles. The van der Waals surface area contributed by atoms with E-state index in [9.17, 15) is 0 Å². The molecular formula is C8H9O2. The number of ether oxygens (including phenoxy) is 1. The first kappa shape index (κ1) is 6.93. The van der Waals surface area contributed by atoms with Gasteiger partial charge in [0, 0.05) is 0 Å². The van der Waals surface area contributed by atoms with Crippen molar-refractivity contribution in [2.45, 2.75) is 6.92 Å². The smallest absolute Gasteiger partial charge is 0.161 e. The molecule has 1 N–H and O–H groups in total. The molecule has 1 aromatic carbocycles. The van der Waals surface area contributed by atoms with E-state index in [1.165, 1.54) is 6.61 Å². The van der Waals surface area contributed by atoms with E-state index in [1.807, 2.05) is 0 Å². The molecular weight excluding hydrogens is 128 g/mol. The molecule has 10 heavy (non-hydrogen) atoms. The van der Waals surface area contributed by atoms with Gasteiger partial charge in [0.2, 0.25) is 0 Å². The molecule has 0 saturated carbocycles. The Morgan fingerprint density at radius 2 is 2.10 bits per heavy atom. The van der Waals surface area contributed by atoms with E-state index in [0.717, 1.165) is 0 Å². The van der Waals surface area contributed by atoms with Gasteiger partial charge >= 0.3 is 0 Å². The van der Waals surface area contributed by atoms with Crippen LogP contribution in [0.5, 0.6) is 11.5 Å². The Labute approximate surface area is 60.1 Å². The van der Waals surface area contributed by atoms with Crippen molar-refractivity contribution in [3.8, 4) is 11.5 Å². The normalized spacial score (nSPS) is 9.30. The zero-order valence-corrected chi connectivity index (χ0v) is 5.74. The Morgan fingerprint density at radius 3 is 2.70 bits per heavy atom. The van der Waals surface area contributed by atoms with Crippen LogP contribution in [0.25, 0.3) is 0 Å². The first-order valence-electron chi connectivity index (χ1n) is 3.07. The molecule has 0 fully saturated rings. The Kier molecular flexibility index (Phi) is 2.15. The summed E-state index contributed by atoms with van der Waals surface area (Å²) in [7, 11) is 0. The fraction of sp³-hybridized carbons (Fsp3) is 0.125. The van der Waals surface area contributed by atoms with Gasteiger partial charge in [0.05, 0.1) is 0 Å². The van der Waals surface area contributed by atoms with Crippen molar-refractivity contribution in [1.29, 1.82) is 0 Å². The second-order valence-electron chi connectivity index (χ2n) is 1.82. The maximum absolute atomic E-state index is 9.10. The standard InChI is InChI=1S/C8H9O2/c1-2-10-8-6-4-3-5-7(8)9/h2-6,9H,1H3. The van der Waals surface area contributed by atoms with Gasteiger partial charge < -0.3 is 9.84 Å². The van der Waals surface area contributed by atoms with Crippen molar-refractivity contribution in [1.82, 2.24) is 0 Å². The summed E-state index contributed by atoms with van der Waals surface area (Å²) < 4.78 is 4.96. The van der Waals surface area contributed by atoms with Crippen LogP contribution in [0.15, 0.2) is 24.3 Å². The number of aromatic hydroxyl groups is 1. The number of phenols is 1. The summed E-state index contributed by atoms with van der Waals surface area (Å²) in [5, 5.41) is 9.10. The lowest BCUT2D eigenvalue weighted by molar-refractivity contribution is 0.375. The number of para-hydroxylation sites is 2. The van der Waals surface area contributed by atoms with Crippen molar-refractivity contribution in [3.05, 3.63) is 30.9 Å². The molecule has 0 bridgehead atoms. The predicted octanol–water partition coefficient (Wildman–Crippen LogP) is 1.95. The van der Waals surface area contributed by atoms with E-state index < -0.39 is 0 Å². The number of phenolic OH excluding ortho intramolecular Hbond substituents is 1. The van der Waals surface area contributed by atoms with Crippen molar-refractivity contribution in [3.63, 3.8) is 0 Å². The predicted molar refractivity (Wildman–Crippen MR) is 38.7 cm³/mol. The second-order valence-corrected chi connectivity index (χ2v) is 1.82. The van der Waals surface area contributed by atoms with Gasteiger partial charge in [-0.3, -0.25) is 0 Å². The maximum Gasteiger partial charge on any atom is 0.161 e. The first-order valence-corrected chi connectivity index (χ1v) is 3.07. The number of rotatable bonds is 2. The van der Waals surface area contributed by atoms with Crippen molar-refractivity contribution < 1.29 is 9.84 Å². The third kappa shape index (κ3) is 1.41. The van der Waals surface area contributed by atoms with E-state index in [-0.39, 0.29) is 5.75 Å². The molecule has 0 aliphatic carbocycles. The highest BCUT2D eigenvalue weighted by Gasteiger charge is 1.96. The fourth-order valence-electron chi connectivity index (χ4n) is 0.684. The van der Waals surface area contributed by atoms with Crippen LogP contribution in [0.3, 0.4) is 0 Å². The van der Waals surface area contributed by atoms with Crippen LogP contribution >= 0.6 is 0 Å². The molecule has 2 nitrogen and oxygen atoms in total. The summed E-state index contributed by atoms with van der Waals surface area (Å²) in [5.74, 6) is 0.658. The molecule has 0 amide bonds. The summed E-state index contributed by atoms with van der Waals surface area (Å²) >= 11 is 0. The Hall–Kier alpha value is -1.18. The summed E-state index contributed by atoms with van der Waals surface area (Å²) in [6.45, 7) is 3.28. The van der Waals surface area contributed by atoms with E-state index in [0.29, 0.717) is 5.75 Å². The second kappa shape index (κ2) is 3.11. The van der Waals surface area contributed by atoms with Gasteiger partial charge in [-0.25, -0.2) is 0 Å². The van der Waals surface area contributed by atoms with E-state index in [1.54, 1.807) is 31.2 Å². The molecule has 0 aliphatic rings. The fourth-order valence-corrected chi connectivity index (χ4v) is 0.684. The van der Waals surface area contributed by atoms with Crippen LogP contribution in [0.4, 0.5) is 0 Å². The maximum atomic E-state index is 9.10. The molecule has 1 aromatic rings. The third-order valence-electron chi connectivity index (χ3n) is 1.11. The zero-order valence-electron chi connectivity index (χ0n) is 5.74. The minimum absolute atomic E-state index is 0.167.